The van der Waals surface area contributed by atoms with Gasteiger partial charge in [0, 0.05) is 18.5 Å². The zero-order valence-corrected chi connectivity index (χ0v) is 13.4. The molecule has 0 saturated heterocycles. The monoisotopic (exact) mass is 320 g/mol. The predicted molar refractivity (Wildman–Crippen MR) is 78.1 cm³/mol. The van der Waals surface area contributed by atoms with Gasteiger partial charge in [0.1, 0.15) is 9.81 Å². The van der Waals surface area contributed by atoms with Gasteiger partial charge in [-0.2, -0.15) is 0 Å². The maximum Gasteiger partial charge on any atom is 0.251 e. The highest BCUT2D eigenvalue weighted by atomic mass is 32.2. The molecule has 114 valence electrons. The number of nitrogens with two attached hydrogens (primary N) is 1. The zero-order chi connectivity index (χ0) is 15.4. The molecule has 3 N–H and O–H groups in total. The van der Waals surface area contributed by atoms with Gasteiger partial charge in [-0.15, -0.1) is 11.3 Å². The Labute approximate surface area is 123 Å². The van der Waals surface area contributed by atoms with E-state index < -0.39 is 15.6 Å². The summed E-state index contributed by atoms with van der Waals surface area (Å²) >= 11 is 1.11. The Morgan fingerprint density at radius 1 is 1.50 bits per heavy atom. The van der Waals surface area contributed by atoms with E-state index in [-0.39, 0.29) is 10.1 Å². The van der Waals surface area contributed by atoms with Gasteiger partial charge >= 0.3 is 0 Å². The number of thiophene rings is 1. The van der Waals surface area contributed by atoms with Crippen molar-refractivity contribution in [3.63, 3.8) is 0 Å². The van der Waals surface area contributed by atoms with Crippen molar-refractivity contribution in [3.8, 4) is 0 Å². The fourth-order valence-corrected chi connectivity index (χ4v) is 3.31. The molecule has 0 radical (unpaired) electrons. The fourth-order valence-electron chi connectivity index (χ4n) is 1.53. The van der Waals surface area contributed by atoms with Crippen molar-refractivity contribution in [1.29, 1.82) is 0 Å². The molecule has 0 spiro atoms. The van der Waals surface area contributed by atoms with Crippen molar-refractivity contribution in [2.24, 2.45) is 5.14 Å². The summed E-state index contributed by atoms with van der Waals surface area (Å²) in [6.07, 6.45) is 1.12. The Morgan fingerprint density at radius 2 is 2.15 bits per heavy atom. The summed E-state index contributed by atoms with van der Waals surface area (Å²) in [6, 6.07) is 3.17. The van der Waals surface area contributed by atoms with Crippen LogP contribution in [0.5, 0.6) is 0 Å². The van der Waals surface area contributed by atoms with E-state index in [0.717, 1.165) is 16.2 Å². The van der Waals surface area contributed by atoms with Crippen LogP contribution in [-0.2, 0) is 26.0 Å². The minimum Gasteiger partial charge on any atom is -0.369 e. The van der Waals surface area contributed by atoms with Gasteiger partial charge in [-0.1, -0.05) is 6.92 Å². The molecular formula is C12H20N2O4S2. The van der Waals surface area contributed by atoms with E-state index in [1.54, 1.807) is 13.0 Å². The molecule has 1 unspecified atom stereocenters. The lowest BCUT2D eigenvalue weighted by molar-refractivity contribution is -0.141. The number of hydrogen-bond acceptors (Lipinski definition) is 5. The third kappa shape index (κ3) is 4.27. The van der Waals surface area contributed by atoms with Crippen LogP contribution >= 0.6 is 11.3 Å². The number of nitrogens with one attached hydrogen (secondary N) is 1. The largest absolute Gasteiger partial charge is 0.369 e. The SMILES string of the molecule is CCC(C)(OC)C(=O)NCCc1ccc(S(N)(=O)=O)s1. The number of carbonyl (C=O) groups excluding carboxylic acids is 1. The molecule has 8 heteroatoms. The first-order valence-corrected chi connectivity index (χ1v) is 8.54. The maximum absolute atomic E-state index is 11.9. The third-order valence-corrected chi connectivity index (χ3v) is 5.76. The van der Waals surface area contributed by atoms with Crippen LogP contribution in [0, 0.1) is 0 Å². The van der Waals surface area contributed by atoms with Gasteiger partial charge in [0.2, 0.25) is 10.0 Å². The second-order valence-electron chi connectivity index (χ2n) is 4.56. The Kier molecular flexibility index (Phi) is 5.69. The van der Waals surface area contributed by atoms with E-state index in [1.807, 2.05) is 6.92 Å². The molecule has 1 rings (SSSR count). The molecule has 20 heavy (non-hydrogen) atoms. The standard InChI is InChI=1S/C12H20N2O4S2/c1-4-12(2,18-3)11(15)14-8-7-9-5-6-10(19-9)20(13,16)17/h5-6H,4,7-8H2,1-3H3,(H,14,15)(H2,13,16,17). The molecule has 0 fully saturated rings. The van der Waals surface area contributed by atoms with Crippen molar-refractivity contribution in [3.05, 3.63) is 17.0 Å². The number of sulfonamides is 1. The van der Waals surface area contributed by atoms with E-state index in [4.69, 9.17) is 9.88 Å². The summed E-state index contributed by atoms with van der Waals surface area (Å²) in [5.74, 6) is -0.175. The highest BCUT2D eigenvalue weighted by Crippen LogP contribution is 2.20. The quantitative estimate of drug-likeness (QED) is 0.778. The third-order valence-electron chi connectivity index (χ3n) is 3.18. The van der Waals surface area contributed by atoms with E-state index in [1.165, 1.54) is 13.2 Å². The average molecular weight is 320 g/mol. The lowest BCUT2D eigenvalue weighted by Crippen LogP contribution is -2.46. The first-order chi connectivity index (χ1) is 9.23. The van der Waals surface area contributed by atoms with Gasteiger partial charge in [0.15, 0.2) is 0 Å². The number of primary sulfonamides is 1. The summed E-state index contributed by atoms with van der Waals surface area (Å²) in [5.41, 5.74) is -0.832. The topological polar surface area (TPSA) is 98.5 Å². The van der Waals surface area contributed by atoms with Crippen LogP contribution in [0.3, 0.4) is 0 Å². The first-order valence-electron chi connectivity index (χ1n) is 6.18. The van der Waals surface area contributed by atoms with Crippen molar-refractivity contribution in [2.45, 2.75) is 36.5 Å². The second-order valence-corrected chi connectivity index (χ2v) is 7.52. The summed E-state index contributed by atoms with van der Waals surface area (Å²) in [7, 11) is -2.14. The minimum absolute atomic E-state index is 0.133. The van der Waals surface area contributed by atoms with Crippen LogP contribution in [0.15, 0.2) is 16.3 Å². The van der Waals surface area contributed by atoms with E-state index in [2.05, 4.69) is 5.32 Å². The zero-order valence-electron chi connectivity index (χ0n) is 11.8. The molecule has 1 atom stereocenters. The van der Waals surface area contributed by atoms with Gasteiger partial charge < -0.3 is 10.1 Å². The van der Waals surface area contributed by atoms with Gasteiger partial charge in [-0.05, 0) is 31.9 Å². The number of amides is 1. The van der Waals surface area contributed by atoms with Crippen LogP contribution in [0.1, 0.15) is 25.1 Å². The van der Waals surface area contributed by atoms with Crippen molar-refractivity contribution >= 4 is 27.3 Å². The summed E-state index contributed by atoms with van der Waals surface area (Å²) in [6.45, 7) is 4.02. The lowest BCUT2D eigenvalue weighted by atomic mass is 10.0. The second kappa shape index (κ2) is 6.66. The van der Waals surface area contributed by atoms with Gasteiger partial charge in [0.25, 0.3) is 5.91 Å². The summed E-state index contributed by atoms with van der Waals surface area (Å²) < 4.78 is 27.6. The summed E-state index contributed by atoms with van der Waals surface area (Å²) in [5, 5.41) is 7.82. The van der Waals surface area contributed by atoms with Gasteiger partial charge in [-0.3, -0.25) is 4.79 Å². The summed E-state index contributed by atoms with van der Waals surface area (Å²) in [4.78, 5) is 12.8. The highest BCUT2D eigenvalue weighted by molar-refractivity contribution is 7.91. The Morgan fingerprint density at radius 3 is 2.60 bits per heavy atom. The minimum atomic E-state index is -3.64. The van der Waals surface area contributed by atoms with Crippen molar-refractivity contribution in [1.82, 2.24) is 5.32 Å². The Balaban J connectivity index is 2.53. The molecule has 6 nitrogen and oxygen atoms in total. The first kappa shape index (κ1) is 17.1. The number of hydrogen-bond donors (Lipinski definition) is 2. The molecule has 0 aliphatic carbocycles. The normalized spacial score (nSPS) is 14.8. The van der Waals surface area contributed by atoms with Crippen LogP contribution < -0.4 is 10.5 Å². The molecule has 1 aromatic rings. The molecule has 0 saturated carbocycles. The smallest absolute Gasteiger partial charge is 0.251 e. The predicted octanol–water partition coefficient (Wildman–Crippen LogP) is 0.869. The van der Waals surface area contributed by atoms with Crippen molar-refractivity contribution < 1.29 is 17.9 Å². The van der Waals surface area contributed by atoms with Crippen molar-refractivity contribution in [2.75, 3.05) is 13.7 Å². The average Bonchev–Trinajstić information content (AvgIpc) is 2.86. The van der Waals surface area contributed by atoms with Gasteiger partial charge in [-0.25, -0.2) is 13.6 Å². The van der Waals surface area contributed by atoms with E-state index in [0.29, 0.717) is 19.4 Å². The van der Waals surface area contributed by atoms with E-state index >= 15 is 0 Å². The molecule has 0 bridgehead atoms. The van der Waals surface area contributed by atoms with Crippen LogP contribution in [0.4, 0.5) is 0 Å². The Hall–Kier alpha value is -0.960. The number of ether oxygens (including phenoxy) is 1. The van der Waals surface area contributed by atoms with Crippen LogP contribution in [0.2, 0.25) is 0 Å². The van der Waals surface area contributed by atoms with Crippen LogP contribution in [-0.4, -0.2) is 33.6 Å². The number of rotatable bonds is 7. The fraction of sp³-hybridized carbons (Fsp3) is 0.583. The van der Waals surface area contributed by atoms with Crippen LogP contribution in [0.25, 0.3) is 0 Å². The molecule has 1 aromatic heterocycles. The maximum atomic E-state index is 11.9. The molecule has 1 heterocycles. The molecular weight excluding hydrogens is 300 g/mol. The molecule has 0 aromatic carbocycles. The molecule has 0 aliphatic rings. The Bertz CT molecular complexity index is 562. The van der Waals surface area contributed by atoms with Gasteiger partial charge in [0.05, 0.1) is 0 Å². The number of carbonyl (C=O) groups is 1. The lowest BCUT2D eigenvalue weighted by Gasteiger charge is -2.25. The number of methoxy groups -OCH3 is 1. The molecule has 1 amide bonds. The highest BCUT2D eigenvalue weighted by Gasteiger charge is 2.30. The molecule has 0 aliphatic heterocycles. The van der Waals surface area contributed by atoms with E-state index in [9.17, 15) is 13.2 Å².